The summed E-state index contributed by atoms with van der Waals surface area (Å²) in [6.45, 7) is 4.46. The van der Waals surface area contributed by atoms with Crippen molar-refractivity contribution < 1.29 is 0 Å². The van der Waals surface area contributed by atoms with E-state index in [9.17, 15) is 0 Å². The first-order chi connectivity index (χ1) is 8.13. The summed E-state index contributed by atoms with van der Waals surface area (Å²) in [4.78, 5) is 2.90. The van der Waals surface area contributed by atoms with E-state index in [1.54, 1.807) is 0 Å². The maximum atomic E-state index is 6.02. The van der Waals surface area contributed by atoms with Gasteiger partial charge in [-0.3, -0.25) is 0 Å². The molecule has 0 spiro atoms. The van der Waals surface area contributed by atoms with Crippen molar-refractivity contribution in [3.63, 3.8) is 0 Å². The third-order valence-corrected chi connectivity index (χ3v) is 4.56. The number of nitrogens with one attached hydrogen (secondary N) is 1. The van der Waals surface area contributed by atoms with E-state index in [2.05, 4.69) is 31.3 Å². The summed E-state index contributed by atoms with van der Waals surface area (Å²) < 4.78 is 0. The summed E-state index contributed by atoms with van der Waals surface area (Å²) >= 11 is 1.91. The van der Waals surface area contributed by atoms with Crippen molar-refractivity contribution in [3.05, 3.63) is 21.9 Å². The Hall–Kier alpha value is -0.380. The molecule has 17 heavy (non-hydrogen) atoms. The first kappa shape index (κ1) is 13.1. The average Bonchev–Trinajstić information content (AvgIpc) is 2.63. The van der Waals surface area contributed by atoms with Crippen molar-refractivity contribution in [2.75, 3.05) is 0 Å². The second-order valence-corrected chi connectivity index (χ2v) is 6.78. The van der Waals surface area contributed by atoms with Gasteiger partial charge in [0.2, 0.25) is 0 Å². The minimum atomic E-state index is 0.414. The molecule has 0 bridgehead atoms. The maximum Gasteiger partial charge on any atom is 0.00896 e. The summed E-state index contributed by atoms with van der Waals surface area (Å²) in [5.74, 6) is 0. The lowest BCUT2D eigenvalue weighted by Gasteiger charge is -2.30. The van der Waals surface area contributed by atoms with Crippen LogP contribution in [0.2, 0.25) is 0 Å². The van der Waals surface area contributed by atoms with Crippen molar-refractivity contribution in [1.29, 1.82) is 0 Å². The molecule has 3 heteroatoms. The first-order valence-corrected chi connectivity index (χ1v) is 7.52. The van der Waals surface area contributed by atoms with E-state index in [0.717, 1.165) is 12.8 Å². The van der Waals surface area contributed by atoms with E-state index in [0.29, 0.717) is 18.1 Å². The summed E-state index contributed by atoms with van der Waals surface area (Å²) in [5.41, 5.74) is 6.02. The molecule has 1 aromatic rings. The Balaban J connectivity index is 1.78. The molecule has 0 aliphatic heterocycles. The van der Waals surface area contributed by atoms with Gasteiger partial charge in [0.15, 0.2) is 0 Å². The Morgan fingerprint density at radius 3 is 2.94 bits per heavy atom. The van der Waals surface area contributed by atoms with Crippen molar-refractivity contribution >= 4 is 11.3 Å². The van der Waals surface area contributed by atoms with E-state index in [4.69, 9.17) is 5.73 Å². The van der Waals surface area contributed by atoms with Crippen LogP contribution in [0.15, 0.2) is 12.1 Å². The van der Waals surface area contributed by atoms with Gasteiger partial charge in [-0.1, -0.05) is 6.42 Å². The topological polar surface area (TPSA) is 38.0 Å². The molecular formula is C14H24N2S. The van der Waals surface area contributed by atoms with E-state index < -0.39 is 0 Å². The van der Waals surface area contributed by atoms with Crippen LogP contribution in [0, 0.1) is 6.92 Å². The highest BCUT2D eigenvalue weighted by atomic mass is 32.1. The highest BCUT2D eigenvalue weighted by molar-refractivity contribution is 7.11. The molecular weight excluding hydrogens is 228 g/mol. The Bertz CT molecular complexity index is 348. The molecule has 1 saturated carbocycles. The quantitative estimate of drug-likeness (QED) is 0.865. The predicted molar refractivity (Wildman–Crippen MR) is 75.6 cm³/mol. The maximum absolute atomic E-state index is 6.02. The van der Waals surface area contributed by atoms with E-state index >= 15 is 0 Å². The molecule has 1 fully saturated rings. The molecule has 0 aromatic carbocycles. The normalized spacial score (nSPS) is 27.0. The molecule has 1 aliphatic carbocycles. The van der Waals surface area contributed by atoms with Gasteiger partial charge < -0.3 is 11.1 Å². The van der Waals surface area contributed by atoms with Crippen molar-refractivity contribution in [2.24, 2.45) is 5.73 Å². The lowest BCUT2D eigenvalue weighted by Crippen LogP contribution is -2.43. The highest BCUT2D eigenvalue weighted by Crippen LogP contribution is 2.20. The number of hydrogen-bond donors (Lipinski definition) is 2. The molecule has 2 nitrogen and oxygen atoms in total. The third kappa shape index (κ3) is 4.09. The van der Waals surface area contributed by atoms with Crippen molar-refractivity contribution in [3.8, 4) is 0 Å². The van der Waals surface area contributed by atoms with Gasteiger partial charge in [0, 0.05) is 27.9 Å². The monoisotopic (exact) mass is 252 g/mol. The van der Waals surface area contributed by atoms with E-state index in [-0.39, 0.29) is 0 Å². The number of aryl methyl sites for hydroxylation is 1. The number of thiophene rings is 1. The fraction of sp³-hybridized carbons (Fsp3) is 0.714. The third-order valence-electron chi connectivity index (χ3n) is 3.54. The van der Waals surface area contributed by atoms with Crippen LogP contribution in [0.25, 0.3) is 0 Å². The molecule has 3 atom stereocenters. The molecule has 1 aliphatic rings. The summed E-state index contributed by atoms with van der Waals surface area (Å²) in [6.07, 6.45) is 6.07. The smallest absolute Gasteiger partial charge is 0.00896 e. The van der Waals surface area contributed by atoms with Crippen LogP contribution in [0.5, 0.6) is 0 Å². The van der Waals surface area contributed by atoms with Crippen LogP contribution in [-0.4, -0.2) is 18.1 Å². The average molecular weight is 252 g/mol. The molecule has 1 aromatic heterocycles. The molecule has 0 radical (unpaired) electrons. The number of nitrogens with two attached hydrogens (primary N) is 1. The van der Waals surface area contributed by atoms with Gasteiger partial charge in [-0.25, -0.2) is 0 Å². The molecule has 0 amide bonds. The summed E-state index contributed by atoms with van der Waals surface area (Å²) in [7, 11) is 0. The van der Waals surface area contributed by atoms with Gasteiger partial charge >= 0.3 is 0 Å². The van der Waals surface area contributed by atoms with Crippen LogP contribution < -0.4 is 11.1 Å². The standard InChI is InChI=1S/C14H24N2S/c1-10(8-14-7-6-11(2)17-14)16-13-5-3-4-12(15)9-13/h6-7,10,12-13,16H,3-5,8-9,15H2,1-2H3. The SMILES string of the molecule is Cc1ccc(CC(C)NC2CCCC(N)C2)s1. The molecule has 0 saturated heterocycles. The number of rotatable bonds is 4. The fourth-order valence-corrected chi connectivity index (χ4v) is 3.76. The van der Waals surface area contributed by atoms with Crippen LogP contribution in [0.3, 0.4) is 0 Å². The molecule has 3 unspecified atom stereocenters. The molecule has 2 rings (SSSR count). The van der Waals surface area contributed by atoms with E-state index in [1.165, 1.54) is 29.0 Å². The largest absolute Gasteiger partial charge is 0.328 e. The molecule has 1 heterocycles. The molecule has 96 valence electrons. The Labute approximate surface area is 109 Å². The van der Waals surface area contributed by atoms with E-state index in [1.807, 2.05) is 11.3 Å². The highest BCUT2D eigenvalue weighted by Gasteiger charge is 2.20. The summed E-state index contributed by atoms with van der Waals surface area (Å²) in [6, 6.07) is 6.07. The van der Waals surface area contributed by atoms with Crippen LogP contribution >= 0.6 is 11.3 Å². The predicted octanol–water partition coefficient (Wildman–Crippen LogP) is 2.85. The lowest BCUT2D eigenvalue weighted by atomic mass is 9.91. The zero-order chi connectivity index (χ0) is 12.3. The Kier molecular flexibility index (Phi) is 4.60. The zero-order valence-corrected chi connectivity index (χ0v) is 11.7. The Morgan fingerprint density at radius 1 is 1.47 bits per heavy atom. The minimum Gasteiger partial charge on any atom is -0.328 e. The van der Waals surface area contributed by atoms with Crippen LogP contribution in [0.4, 0.5) is 0 Å². The van der Waals surface area contributed by atoms with Crippen molar-refractivity contribution in [1.82, 2.24) is 5.32 Å². The first-order valence-electron chi connectivity index (χ1n) is 6.70. The van der Waals surface area contributed by atoms with Gasteiger partial charge in [0.1, 0.15) is 0 Å². The molecule has 3 N–H and O–H groups in total. The number of hydrogen-bond acceptors (Lipinski definition) is 3. The fourth-order valence-electron chi connectivity index (χ4n) is 2.74. The second-order valence-electron chi connectivity index (χ2n) is 5.41. The van der Waals surface area contributed by atoms with Gasteiger partial charge in [-0.15, -0.1) is 11.3 Å². The van der Waals surface area contributed by atoms with Gasteiger partial charge in [0.25, 0.3) is 0 Å². The van der Waals surface area contributed by atoms with Crippen LogP contribution in [-0.2, 0) is 6.42 Å². The van der Waals surface area contributed by atoms with Gasteiger partial charge in [-0.05, 0) is 51.7 Å². The summed E-state index contributed by atoms with van der Waals surface area (Å²) in [5, 5.41) is 3.73. The minimum absolute atomic E-state index is 0.414. The van der Waals surface area contributed by atoms with Gasteiger partial charge in [-0.2, -0.15) is 0 Å². The zero-order valence-electron chi connectivity index (χ0n) is 10.9. The van der Waals surface area contributed by atoms with Gasteiger partial charge in [0.05, 0.1) is 0 Å². The Morgan fingerprint density at radius 2 is 2.29 bits per heavy atom. The van der Waals surface area contributed by atoms with Crippen LogP contribution in [0.1, 0.15) is 42.4 Å². The lowest BCUT2D eigenvalue weighted by molar-refractivity contribution is 0.316. The second kappa shape index (κ2) is 5.98. The van der Waals surface area contributed by atoms with Crippen molar-refractivity contribution in [2.45, 2.75) is 64.1 Å².